The van der Waals surface area contributed by atoms with Gasteiger partial charge in [-0.15, -0.1) is 0 Å². The van der Waals surface area contributed by atoms with Crippen LogP contribution >= 0.6 is 0 Å². The smallest absolute Gasteiger partial charge is 0.268 e. The molecule has 0 atom stereocenters. The Morgan fingerprint density at radius 1 is 0.696 bits per heavy atom. The summed E-state index contributed by atoms with van der Waals surface area (Å²) in [5.41, 5.74) is 7.30. The monoisotopic (exact) mass is 324 g/mol. The van der Waals surface area contributed by atoms with Crippen molar-refractivity contribution >= 4 is 27.1 Å². The highest BCUT2D eigenvalue weighted by atomic mass is 32.2. The summed E-state index contributed by atoms with van der Waals surface area (Å²) in [6.07, 6.45) is 0. The first kappa shape index (κ1) is 15.1. The molecule has 0 unspecified atom stereocenters. The molecular formula is C18H16N2O2S. The van der Waals surface area contributed by atoms with E-state index in [2.05, 4.69) is 0 Å². The van der Waals surface area contributed by atoms with Crippen LogP contribution in [-0.2, 0) is 10.0 Å². The molecule has 0 aliphatic rings. The second-order valence-electron chi connectivity index (χ2n) is 5.01. The first-order chi connectivity index (χ1) is 11.1. The molecule has 0 heterocycles. The summed E-state index contributed by atoms with van der Waals surface area (Å²) < 4.78 is 27.6. The lowest BCUT2D eigenvalue weighted by Crippen LogP contribution is -2.26. The van der Waals surface area contributed by atoms with Crippen molar-refractivity contribution in [2.75, 3.05) is 10.0 Å². The van der Waals surface area contributed by atoms with Gasteiger partial charge in [-0.05, 0) is 42.5 Å². The van der Waals surface area contributed by atoms with Crippen molar-refractivity contribution < 1.29 is 8.42 Å². The molecule has 3 rings (SSSR count). The van der Waals surface area contributed by atoms with Gasteiger partial charge in [-0.3, -0.25) is 0 Å². The summed E-state index contributed by atoms with van der Waals surface area (Å²) in [5.74, 6) is 0. The second kappa shape index (κ2) is 6.14. The topological polar surface area (TPSA) is 63.4 Å². The molecule has 0 radical (unpaired) electrons. The quantitative estimate of drug-likeness (QED) is 0.743. The SMILES string of the molecule is Nc1cccc(S(=O)(=O)N(c2ccccc2)c2ccccc2)c1. The van der Waals surface area contributed by atoms with Crippen LogP contribution in [0.5, 0.6) is 0 Å². The lowest BCUT2D eigenvalue weighted by atomic mass is 10.3. The molecule has 116 valence electrons. The molecule has 0 spiro atoms. The first-order valence-electron chi connectivity index (χ1n) is 7.10. The summed E-state index contributed by atoms with van der Waals surface area (Å²) in [6, 6.07) is 24.3. The molecule has 0 saturated carbocycles. The molecule has 4 nitrogen and oxygen atoms in total. The van der Waals surface area contributed by atoms with E-state index in [9.17, 15) is 8.42 Å². The van der Waals surface area contributed by atoms with E-state index >= 15 is 0 Å². The van der Waals surface area contributed by atoms with Gasteiger partial charge in [0.15, 0.2) is 0 Å². The van der Waals surface area contributed by atoms with Gasteiger partial charge in [-0.1, -0.05) is 42.5 Å². The summed E-state index contributed by atoms with van der Waals surface area (Å²) in [5, 5.41) is 0. The number of benzene rings is 3. The Labute approximate surface area is 135 Å². The number of rotatable bonds is 4. The van der Waals surface area contributed by atoms with Gasteiger partial charge in [0.2, 0.25) is 0 Å². The van der Waals surface area contributed by atoms with E-state index < -0.39 is 10.0 Å². The minimum Gasteiger partial charge on any atom is -0.399 e. The Bertz CT molecular complexity index is 855. The summed E-state index contributed by atoms with van der Waals surface area (Å²) in [6.45, 7) is 0. The molecule has 0 aliphatic carbocycles. The molecule has 0 aliphatic heterocycles. The van der Waals surface area contributed by atoms with Gasteiger partial charge in [0.25, 0.3) is 10.0 Å². The van der Waals surface area contributed by atoms with Crippen LogP contribution in [0.15, 0.2) is 89.8 Å². The summed E-state index contributed by atoms with van der Waals surface area (Å²) in [7, 11) is -3.78. The van der Waals surface area contributed by atoms with Gasteiger partial charge in [-0.2, -0.15) is 0 Å². The van der Waals surface area contributed by atoms with Gasteiger partial charge in [-0.25, -0.2) is 12.7 Å². The normalized spacial score (nSPS) is 11.1. The summed E-state index contributed by atoms with van der Waals surface area (Å²) in [4.78, 5) is 0.158. The molecule has 23 heavy (non-hydrogen) atoms. The molecule has 2 N–H and O–H groups in total. The molecule has 0 amide bonds. The van der Waals surface area contributed by atoms with Gasteiger partial charge < -0.3 is 5.73 Å². The highest BCUT2D eigenvalue weighted by molar-refractivity contribution is 7.93. The molecule has 0 bridgehead atoms. The Balaban J connectivity index is 2.20. The number of hydrogen-bond donors (Lipinski definition) is 1. The van der Waals surface area contributed by atoms with Crippen molar-refractivity contribution in [1.29, 1.82) is 0 Å². The van der Waals surface area contributed by atoms with Crippen LogP contribution in [0.3, 0.4) is 0 Å². The Morgan fingerprint density at radius 2 is 1.22 bits per heavy atom. The van der Waals surface area contributed by atoms with Gasteiger partial charge >= 0.3 is 0 Å². The lowest BCUT2D eigenvalue weighted by molar-refractivity contribution is 0.596. The fourth-order valence-corrected chi connectivity index (χ4v) is 3.88. The predicted octanol–water partition coefficient (Wildman–Crippen LogP) is 3.80. The van der Waals surface area contributed by atoms with Gasteiger partial charge in [0, 0.05) is 5.69 Å². The maximum atomic E-state index is 13.2. The number of nitrogens with zero attached hydrogens (tertiary/aromatic N) is 1. The molecule has 3 aromatic rings. The third-order valence-corrected chi connectivity index (χ3v) is 5.13. The summed E-state index contributed by atoms with van der Waals surface area (Å²) >= 11 is 0. The molecule has 3 aromatic carbocycles. The number of anilines is 3. The average molecular weight is 324 g/mol. The highest BCUT2D eigenvalue weighted by Gasteiger charge is 2.26. The van der Waals surface area contributed by atoms with Crippen molar-refractivity contribution in [1.82, 2.24) is 0 Å². The highest BCUT2D eigenvalue weighted by Crippen LogP contribution is 2.32. The maximum Gasteiger partial charge on any atom is 0.268 e. The number of nitrogen functional groups attached to an aromatic ring is 1. The van der Waals surface area contributed by atoms with Crippen LogP contribution < -0.4 is 10.0 Å². The van der Waals surface area contributed by atoms with Crippen LogP contribution in [-0.4, -0.2) is 8.42 Å². The van der Waals surface area contributed by atoms with E-state index in [1.54, 1.807) is 66.7 Å². The second-order valence-corrected chi connectivity index (χ2v) is 6.80. The zero-order valence-corrected chi connectivity index (χ0v) is 13.1. The van der Waals surface area contributed by atoms with Crippen molar-refractivity contribution in [3.8, 4) is 0 Å². The van der Waals surface area contributed by atoms with Crippen LogP contribution in [0, 0.1) is 0 Å². The molecule has 5 heteroatoms. The molecule has 0 aromatic heterocycles. The van der Waals surface area contributed by atoms with Crippen LogP contribution in [0.1, 0.15) is 0 Å². The van der Waals surface area contributed by atoms with Crippen LogP contribution in [0.4, 0.5) is 17.1 Å². The van der Waals surface area contributed by atoms with E-state index in [4.69, 9.17) is 5.73 Å². The number of para-hydroxylation sites is 2. The van der Waals surface area contributed by atoms with Crippen molar-refractivity contribution in [3.63, 3.8) is 0 Å². The molecule has 0 fully saturated rings. The average Bonchev–Trinajstić information content (AvgIpc) is 2.57. The van der Waals surface area contributed by atoms with Crippen LogP contribution in [0.25, 0.3) is 0 Å². The lowest BCUT2D eigenvalue weighted by Gasteiger charge is -2.24. The van der Waals surface area contributed by atoms with Crippen molar-refractivity contribution in [2.24, 2.45) is 0 Å². The minimum absolute atomic E-state index is 0.158. The van der Waals surface area contributed by atoms with E-state index in [-0.39, 0.29) is 4.90 Å². The van der Waals surface area contributed by atoms with Crippen molar-refractivity contribution in [2.45, 2.75) is 4.90 Å². The van der Waals surface area contributed by atoms with Crippen LogP contribution in [0.2, 0.25) is 0 Å². The predicted molar refractivity (Wildman–Crippen MR) is 93.1 cm³/mol. The van der Waals surface area contributed by atoms with Gasteiger partial charge in [0.1, 0.15) is 0 Å². The third-order valence-electron chi connectivity index (χ3n) is 3.38. The Kier molecular flexibility index (Phi) is 4.04. The van der Waals surface area contributed by atoms with E-state index in [0.29, 0.717) is 17.1 Å². The van der Waals surface area contributed by atoms with E-state index in [1.165, 1.54) is 10.4 Å². The fraction of sp³-hybridized carbons (Fsp3) is 0. The largest absolute Gasteiger partial charge is 0.399 e. The first-order valence-corrected chi connectivity index (χ1v) is 8.54. The fourth-order valence-electron chi connectivity index (χ4n) is 2.33. The number of nitrogens with two attached hydrogens (primary N) is 1. The molecular weight excluding hydrogens is 308 g/mol. The van der Waals surface area contributed by atoms with E-state index in [1.807, 2.05) is 12.1 Å². The van der Waals surface area contributed by atoms with Gasteiger partial charge in [0.05, 0.1) is 16.3 Å². The standard InChI is InChI=1S/C18H16N2O2S/c19-15-8-7-13-18(14-15)23(21,22)20(16-9-3-1-4-10-16)17-11-5-2-6-12-17/h1-14H,19H2. The Hall–Kier alpha value is -2.79. The van der Waals surface area contributed by atoms with Crippen molar-refractivity contribution in [3.05, 3.63) is 84.9 Å². The van der Waals surface area contributed by atoms with E-state index in [0.717, 1.165) is 0 Å². The maximum absolute atomic E-state index is 13.2. The number of sulfonamides is 1. The Morgan fingerprint density at radius 3 is 1.70 bits per heavy atom. The third kappa shape index (κ3) is 3.05. The zero-order chi connectivity index (χ0) is 16.3. The molecule has 0 saturated heterocycles. The number of hydrogen-bond acceptors (Lipinski definition) is 3. The zero-order valence-electron chi connectivity index (χ0n) is 12.3. The minimum atomic E-state index is -3.78.